The molecular weight excluding hydrogens is 675 g/mol. The van der Waals surface area contributed by atoms with Crippen LogP contribution >= 0.6 is 0 Å². The SMILES string of the molecule is Cc1cccc(N(c2ccc3c(c2)-c2ccccc2-c2ccccc2-c2ccccc2-3)c2ccc3c(c2)-c2ccccc2-c2ccccc2-c2ccccc2-3)c1. The second-order valence-electron chi connectivity index (χ2n) is 14.9. The minimum Gasteiger partial charge on any atom is -0.310 e. The molecule has 1 nitrogen and oxygen atoms in total. The predicted octanol–water partition coefficient (Wildman–Crippen LogP) is 15.4. The molecule has 0 heterocycles. The summed E-state index contributed by atoms with van der Waals surface area (Å²) in [5.41, 5.74) is 24.5. The molecule has 0 fully saturated rings. The normalized spacial score (nSPS) is 11.7. The van der Waals surface area contributed by atoms with E-state index in [9.17, 15) is 0 Å². The van der Waals surface area contributed by atoms with E-state index in [2.05, 4.69) is 218 Å². The Morgan fingerprint density at radius 3 is 0.750 bits per heavy atom. The summed E-state index contributed by atoms with van der Waals surface area (Å²) in [6.07, 6.45) is 0. The minimum atomic E-state index is 1.11. The van der Waals surface area contributed by atoms with Crippen molar-refractivity contribution in [2.45, 2.75) is 6.92 Å². The van der Waals surface area contributed by atoms with Gasteiger partial charge in [-0.2, -0.15) is 0 Å². The fourth-order valence-electron chi connectivity index (χ4n) is 9.19. The number of hydrogen-bond acceptors (Lipinski definition) is 1. The smallest absolute Gasteiger partial charge is 0.0468 e. The van der Waals surface area contributed by atoms with Gasteiger partial charge in [-0.1, -0.05) is 170 Å². The van der Waals surface area contributed by atoms with E-state index < -0.39 is 0 Å². The lowest BCUT2D eigenvalue weighted by molar-refractivity contribution is 1.27. The van der Waals surface area contributed by atoms with Gasteiger partial charge in [-0.25, -0.2) is 0 Å². The zero-order valence-electron chi connectivity index (χ0n) is 31.1. The van der Waals surface area contributed by atoms with Gasteiger partial charge in [0, 0.05) is 17.1 Å². The van der Waals surface area contributed by atoms with E-state index in [-0.39, 0.29) is 0 Å². The highest BCUT2D eigenvalue weighted by Crippen LogP contribution is 2.52. The molecule has 0 aromatic heterocycles. The number of anilines is 3. The number of hydrogen-bond donors (Lipinski definition) is 0. The summed E-state index contributed by atoms with van der Waals surface area (Å²) in [5.74, 6) is 0. The fourth-order valence-corrected chi connectivity index (χ4v) is 9.19. The summed E-state index contributed by atoms with van der Waals surface area (Å²) in [6.45, 7) is 2.18. The third-order valence-corrected chi connectivity index (χ3v) is 11.7. The molecule has 0 bridgehead atoms. The van der Waals surface area contributed by atoms with E-state index in [1.54, 1.807) is 0 Å². The largest absolute Gasteiger partial charge is 0.310 e. The number of benzene rings is 9. The van der Waals surface area contributed by atoms with Gasteiger partial charge < -0.3 is 4.90 Å². The number of nitrogens with zero attached hydrogens (tertiary/aromatic N) is 1. The molecule has 9 aromatic carbocycles. The van der Waals surface area contributed by atoms with Crippen molar-refractivity contribution < 1.29 is 0 Å². The van der Waals surface area contributed by atoms with Gasteiger partial charge in [-0.15, -0.1) is 0 Å². The molecule has 0 radical (unpaired) electrons. The van der Waals surface area contributed by atoms with Crippen LogP contribution in [-0.4, -0.2) is 0 Å². The average molecular weight is 712 g/mol. The Labute approximate surface area is 328 Å². The maximum Gasteiger partial charge on any atom is 0.0468 e. The maximum absolute atomic E-state index is 2.44. The molecule has 0 atom stereocenters. The highest BCUT2D eigenvalue weighted by molar-refractivity contribution is 6.06. The van der Waals surface area contributed by atoms with Crippen LogP contribution in [0, 0.1) is 6.92 Å². The van der Waals surface area contributed by atoms with E-state index in [4.69, 9.17) is 0 Å². The standard InChI is InChI=1S/C55H37N/c1-36-15-14-16-37(33-36)56(38-29-31-52-48-25-8-6-21-44(48)40-17-2-4-19-42(40)46-23-10-12-27-50(46)54(52)34-38)39-30-32-53-49-26-9-7-22-45(49)41-18-3-5-20-43(41)47-24-11-13-28-51(47)55(53)35-39/h2-35H,1H3. The third kappa shape index (κ3) is 5.09. The highest BCUT2D eigenvalue weighted by atomic mass is 15.1. The monoisotopic (exact) mass is 711 g/mol. The third-order valence-electron chi connectivity index (χ3n) is 11.7. The second-order valence-corrected chi connectivity index (χ2v) is 14.9. The van der Waals surface area contributed by atoms with Crippen LogP contribution < -0.4 is 4.90 Å². The van der Waals surface area contributed by atoms with Crippen molar-refractivity contribution in [2.24, 2.45) is 0 Å². The van der Waals surface area contributed by atoms with Gasteiger partial charge in [0.05, 0.1) is 0 Å². The number of rotatable bonds is 3. The van der Waals surface area contributed by atoms with Crippen molar-refractivity contribution in [3.63, 3.8) is 0 Å². The van der Waals surface area contributed by atoms with Crippen molar-refractivity contribution in [1.29, 1.82) is 0 Å². The van der Waals surface area contributed by atoms with E-state index in [0.717, 1.165) is 17.1 Å². The number of aryl methyl sites for hydroxylation is 1. The van der Waals surface area contributed by atoms with Gasteiger partial charge >= 0.3 is 0 Å². The molecule has 9 aromatic rings. The van der Waals surface area contributed by atoms with Crippen LogP contribution in [0.25, 0.3) is 89.0 Å². The lowest BCUT2D eigenvalue weighted by atomic mass is 9.80. The van der Waals surface area contributed by atoms with E-state index in [0.29, 0.717) is 0 Å². The quantitative estimate of drug-likeness (QED) is 0.176. The van der Waals surface area contributed by atoms with Crippen LogP contribution in [0.1, 0.15) is 5.56 Å². The summed E-state index contributed by atoms with van der Waals surface area (Å²) in [6, 6.07) is 76.2. The molecule has 56 heavy (non-hydrogen) atoms. The van der Waals surface area contributed by atoms with Crippen LogP contribution in [-0.2, 0) is 0 Å². The second kappa shape index (κ2) is 13.0. The molecular formula is C55H37N. The van der Waals surface area contributed by atoms with Crippen LogP contribution in [0.5, 0.6) is 0 Å². The minimum absolute atomic E-state index is 1.11. The van der Waals surface area contributed by atoms with Gasteiger partial charge in [-0.05, 0) is 138 Å². The summed E-state index contributed by atoms with van der Waals surface area (Å²) in [7, 11) is 0. The van der Waals surface area contributed by atoms with E-state index in [1.807, 2.05) is 0 Å². The van der Waals surface area contributed by atoms with E-state index in [1.165, 1.54) is 94.6 Å². The Balaban J connectivity index is 1.17. The van der Waals surface area contributed by atoms with Crippen LogP contribution in [0.4, 0.5) is 17.1 Å². The Morgan fingerprint density at radius 2 is 0.464 bits per heavy atom. The first kappa shape index (κ1) is 32.2. The summed E-state index contributed by atoms with van der Waals surface area (Å²) >= 11 is 0. The molecule has 0 saturated carbocycles. The Morgan fingerprint density at radius 1 is 0.214 bits per heavy atom. The summed E-state index contributed by atoms with van der Waals surface area (Å²) < 4.78 is 0. The van der Waals surface area contributed by atoms with Crippen LogP contribution in [0.2, 0.25) is 0 Å². The van der Waals surface area contributed by atoms with Crippen LogP contribution in [0.3, 0.4) is 0 Å². The molecule has 262 valence electrons. The predicted molar refractivity (Wildman–Crippen MR) is 236 cm³/mol. The maximum atomic E-state index is 2.44. The molecule has 0 unspecified atom stereocenters. The van der Waals surface area contributed by atoms with Gasteiger partial charge in [-0.3, -0.25) is 0 Å². The lowest BCUT2D eigenvalue weighted by Crippen LogP contribution is -2.11. The molecule has 1 heteroatoms. The molecule has 0 spiro atoms. The molecule has 0 aliphatic heterocycles. The molecule has 2 aliphatic rings. The highest BCUT2D eigenvalue weighted by Gasteiger charge is 2.26. The summed E-state index contributed by atoms with van der Waals surface area (Å²) in [5, 5.41) is 0. The molecule has 0 saturated heterocycles. The van der Waals surface area contributed by atoms with Gasteiger partial charge in [0.25, 0.3) is 0 Å². The van der Waals surface area contributed by atoms with Crippen molar-refractivity contribution in [1.82, 2.24) is 0 Å². The topological polar surface area (TPSA) is 3.24 Å². The molecule has 11 rings (SSSR count). The molecule has 0 N–H and O–H groups in total. The number of fused-ring (bicyclic) bond motifs is 16. The van der Waals surface area contributed by atoms with Crippen LogP contribution in [0.15, 0.2) is 206 Å². The zero-order valence-corrected chi connectivity index (χ0v) is 31.1. The zero-order chi connectivity index (χ0) is 37.2. The van der Waals surface area contributed by atoms with Crippen molar-refractivity contribution in [3.05, 3.63) is 212 Å². The first-order chi connectivity index (χ1) is 27.7. The first-order valence-corrected chi connectivity index (χ1v) is 19.4. The van der Waals surface area contributed by atoms with Crippen molar-refractivity contribution >= 4 is 17.1 Å². The van der Waals surface area contributed by atoms with Gasteiger partial charge in [0.2, 0.25) is 0 Å². The first-order valence-electron chi connectivity index (χ1n) is 19.4. The Bertz CT molecular complexity index is 2810. The molecule has 0 amide bonds. The lowest BCUT2D eigenvalue weighted by Gasteiger charge is -2.30. The Kier molecular flexibility index (Phi) is 7.47. The fraction of sp³-hybridized carbons (Fsp3) is 0.0182. The van der Waals surface area contributed by atoms with E-state index >= 15 is 0 Å². The van der Waals surface area contributed by atoms with Gasteiger partial charge in [0.15, 0.2) is 0 Å². The van der Waals surface area contributed by atoms with Gasteiger partial charge in [0.1, 0.15) is 0 Å². The Hall–Kier alpha value is -7.22. The molecule has 2 aliphatic carbocycles. The average Bonchev–Trinajstić information content (AvgIpc) is 3.26. The summed E-state index contributed by atoms with van der Waals surface area (Å²) in [4.78, 5) is 2.44. The van der Waals surface area contributed by atoms with Crippen molar-refractivity contribution in [2.75, 3.05) is 4.90 Å². The van der Waals surface area contributed by atoms with Crippen molar-refractivity contribution in [3.8, 4) is 89.0 Å².